The van der Waals surface area contributed by atoms with Crippen molar-refractivity contribution in [2.75, 3.05) is 32.6 Å². The van der Waals surface area contributed by atoms with Crippen LogP contribution in [-0.2, 0) is 22.6 Å². The fraction of sp³-hybridized carbons (Fsp3) is 0.280. The highest BCUT2D eigenvalue weighted by Crippen LogP contribution is 2.30. The highest BCUT2D eigenvalue weighted by Gasteiger charge is 2.26. The summed E-state index contributed by atoms with van der Waals surface area (Å²) in [5.74, 6) is -0.457. The quantitative estimate of drug-likeness (QED) is 0.521. The van der Waals surface area contributed by atoms with Crippen LogP contribution in [0.4, 0.5) is 5.69 Å². The van der Waals surface area contributed by atoms with Crippen LogP contribution in [0.2, 0.25) is 0 Å². The van der Waals surface area contributed by atoms with E-state index < -0.39 is 11.8 Å². The lowest BCUT2D eigenvalue weighted by molar-refractivity contribution is -0.136. The van der Waals surface area contributed by atoms with Gasteiger partial charge in [-0.15, -0.1) is 0 Å². The Kier molecular flexibility index (Phi) is 7.26. The molecule has 0 aliphatic carbocycles. The molecule has 0 saturated carbocycles. The molecule has 0 spiro atoms. The number of fused-ring (bicyclic) bond motifs is 1. The summed E-state index contributed by atoms with van der Waals surface area (Å²) in [4.78, 5) is 27.6. The Hall–Kier alpha value is -3.36. The summed E-state index contributed by atoms with van der Waals surface area (Å²) in [6, 6.07) is 15.5. The number of nitrogens with one attached hydrogen (secondary N) is 2. The summed E-state index contributed by atoms with van der Waals surface area (Å²) < 4.78 is 10.5. The van der Waals surface area contributed by atoms with Gasteiger partial charge in [0, 0.05) is 25.7 Å². The number of benzene rings is 2. The zero-order valence-corrected chi connectivity index (χ0v) is 19.5. The maximum absolute atomic E-state index is 12.6. The number of methoxy groups -OCH3 is 2. The van der Waals surface area contributed by atoms with E-state index in [9.17, 15) is 9.59 Å². The van der Waals surface area contributed by atoms with Crippen LogP contribution in [0.15, 0.2) is 59.3 Å². The van der Waals surface area contributed by atoms with Crippen LogP contribution in [0.25, 0.3) is 0 Å². The fourth-order valence-electron chi connectivity index (χ4n) is 4.07. The Bertz CT molecular complexity index is 1120. The Morgan fingerprint density at radius 1 is 1.06 bits per heavy atom. The van der Waals surface area contributed by atoms with E-state index in [-0.39, 0.29) is 6.04 Å². The Labute approximate surface area is 197 Å². The van der Waals surface area contributed by atoms with Crippen LogP contribution in [0.1, 0.15) is 22.7 Å². The van der Waals surface area contributed by atoms with Gasteiger partial charge in [0.05, 0.1) is 25.9 Å². The number of nitrogens with zero attached hydrogens (tertiary/aromatic N) is 1. The van der Waals surface area contributed by atoms with Gasteiger partial charge in [0.2, 0.25) is 0 Å². The molecule has 0 saturated heterocycles. The number of anilines is 1. The Morgan fingerprint density at radius 3 is 2.61 bits per heavy atom. The van der Waals surface area contributed by atoms with E-state index in [4.69, 9.17) is 9.47 Å². The van der Waals surface area contributed by atoms with Crippen molar-refractivity contribution >= 4 is 28.8 Å². The first-order valence-electron chi connectivity index (χ1n) is 10.7. The molecular weight excluding hydrogens is 438 g/mol. The molecule has 172 valence electrons. The smallest absolute Gasteiger partial charge is 0.313 e. The minimum Gasteiger partial charge on any atom is -0.497 e. The summed E-state index contributed by atoms with van der Waals surface area (Å²) in [6.45, 7) is 2.03. The van der Waals surface area contributed by atoms with Gasteiger partial charge in [0.25, 0.3) is 0 Å². The average Bonchev–Trinajstić information content (AvgIpc) is 3.38. The van der Waals surface area contributed by atoms with Crippen molar-refractivity contribution in [1.29, 1.82) is 0 Å². The number of ether oxygens (including phenoxy) is 2. The van der Waals surface area contributed by atoms with Crippen LogP contribution in [-0.4, -0.2) is 44.0 Å². The lowest BCUT2D eigenvalue weighted by atomic mass is 9.97. The van der Waals surface area contributed by atoms with Gasteiger partial charge in [-0.2, -0.15) is 11.3 Å². The molecule has 4 rings (SSSR count). The van der Waals surface area contributed by atoms with E-state index >= 15 is 0 Å². The Morgan fingerprint density at radius 2 is 1.88 bits per heavy atom. The number of hydrogen-bond acceptors (Lipinski definition) is 6. The predicted octanol–water partition coefficient (Wildman–Crippen LogP) is 3.62. The molecule has 0 radical (unpaired) electrons. The second-order valence-corrected chi connectivity index (χ2v) is 8.57. The normalized spacial score (nSPS) is 14.1. The second kappa shape index (κ2) is 10.5. The molecule has 1 aliphatic heterocycles. The number of amides is 2. The number of carbonyl (C=O) groups excluding carboxylic acids is 2. The minimum absolute atomic E-state index is 0.0206. The van der Waals surface area contributed by atoms with E-state index in [0.29, 0.717) is 23.7 Å². The summed E-state index contributed by atoms with van der Waals surface area (Å²) in [5.41, 5.74) is 4.18. The van der Waals surface area contributed by atoms with Gasteiger partial charge in [-0.1, -0.05) is 24.3 Å². The molecule has 7 nitrogen and oxygen atoms in total. The molecule has 2 N–H and O–H groups in total. The first-order valence-corrected chi connectivity index (χ1v) is 11.7. The number of thiophene rings is 1. The minimum atomic E-state index is -0.755. The van der Waals surface area contributed by atoms with Crippen molar-refractivity contribution in [3.63, 3.8) is 0 Å². The van der Waals surface area contributed by atoms with Crippen molar-refractivity contribution in [3.05, 3.63) is 76.0 Å². The summed E-state index contributed by atoms with van der Waals surface area (Å²) in [6.07, 6.45) is 0.959. The molecule has 0 bridgehead atoms. The molecule has 2 aromatic carbocycles. The molecule has 2 heterocycles. The van der Waals surface area contributed by atoms with Crippen molar-refractivity contribution in [2.24, 2.45) is 0 Å². The average molecular weight is 466 g/mol. The van der Waals surface area contributed by atoms with Gasteiger partial charge in [-0.05, 0) is 52.1 Å². The topological polar surface area (TPSA) is 79.9 Å². The van der Waals surface area contributed by atoms with Crippen LogP contribution in [0.5, 0.6) is 11.5 Å². The standard InChI is InChI=1S/C25H27N3O4S/c1-31-20-7-8-23(32-2)21(13-20)27-25(30)24(29)26-14-22(19-10-12-33-16-19)28-11-9-17-5-3-4-6-18(17)15-28/h3-8,10,12-13,16,22H,9,11,14-15H2,1-2H3,(H,26,29)(H,27,30)/t22-/m0/s1. The number of hydrogen-bond donors (Lipinski definition) is 2. The highest BCUT2D eigenvalue weighted by molar-refractivity contribution is 7.08. The van der Waals surface area contributed by atoms with E-state index in [2.05, 4.69) is 51.2 Å². The SMILES string of the molecule is COc1ccc(OC)c(NC(=O)C(=O)NC[C@@H](c2ccsc2)N2CCc3ccccc3C2)c1. The van der Waals surface area contributed by atoms with Crippen molar-refractivity contribution in [2.45, 2.75) is 19.0 Å². The molecule has 33 heavy (non-hydrogen) atoms. The van der Waals surface area contributed by atoms with Crippen molar-refractivity contribution in [1.82, 2.24) is 10.2 Å². The van der Waals surface area contributed by atoms with Crippen LogP contribution < -0.4 is 20.1 Å². The highest BCUT2D eigenvalue weighted by atomic mass is 32.1. The van der Waals surface area contributed by atoms with E-state index in [1.54, 1.807) is 29.5 Å². The fourth-order valence-corrected chi connectivity index (χ4v) is 4.77. The Balaban J connectivity index is 1.43. The van der Waals surface area contributed by atoms with Crippen LogP contribution in [0.3, 0.4) is 0 Å². The largest absolute Gasteiger partial charge is 0.497 e. The predicted molar refractivity (Wildman–Crippen MR) is 129 cm³/mol. The van der Waals surface area contributed by atoms with E-state index in [1.165, 1.54) is 25.3 Å². The third-order valence-corrected chi connectivity index (χ3v) is 6.55. The van der Waals surface area contributed by atoms with Crippen LogP contribution >= 0.6 is 11.3 Å². The molecule has 1 aliphatic rings. The second-order valence-electron chi connectivity index (χ2n) is 7.79. The van der Waals surface area contributed by atoms with Crippen molar-refractivity contribution < 1.29 is 19.1 Å². The van der Waals surface area contributed by atoms with Gasteiger partial charge in [0.15, 0.2) is 0 Å². The number of carbonyl (C=O) groups is 2. The first-order chi connectivity index (χ1) is 16.1. The maximum atomic E-state index is 12.6. The molecule has 0 fully saturated rings. The first kappa shape index (κ1) is 22.8. The van der Waals surface area contributed by atoms with Gasteiger partial charge in [-0.3, -0.25) is 14.5 Å². The summed E-state index contributed by atoms with van der Waals surface area (Å²) in [7, 11) is 3.03. The van der Waals surface area contributed by atoms with E-state index in [0.717, 1.165) is 25.1 Å². The van der Waals surface area contributed by atoms with Crippen LogP contribution in [0, 0.1) is 0 Å². The third kappa shape index (κ3) is 5.35. The van der Waals surface area contributed by atoms with Gasteiger partial charge in [0.1, 0.15) is 11.5 Å². The molecule has 2 amide bonds. The molecule has 0 unspecified atom stereocenters. The molecule has 3 aromatic rings. The lowest BCUT2D eigenvalue weighted by Gasteiger charge is -2.35. The zero-order valence-electron chi connectivity index (χ0n) is 18.7. The molecule has 1 aromatic heterocycles. The maximum Gasteiger partial charge on any atom is 0.313 e. The molecular formula is C25H27N3O4S. The summed E-state index contributed by atoms with van der Waals surface area (Å²) in [5, 5.41) is 9.57. The van der Waals surface area contributed by atoms with E-state index in [1.807, 2.05) is 5.38 Å². The van der Waals surface area contributed by atoms with Gasteiger partial charge in [-0.25, -0.2) is 0 Å². The third-order valence-electron chi connectivity index (χ3n) is 5.85. The van der Waals surface area contributed by atoms with Gasteiger partial charge < -0.3 is 20.1 Å². The lowest BCUT2D eigenvalue weighted by Crippen LogP contribution is -2.43. The van der Waals surface area contributed by atoms with Gasteiger partial charge >= 0.3 is 11.8 Å². The molecule has 1 atom stereocenters. The summed E-state index contributed by atoms with van der Waals surface area (Å²) >= 11 is 1.62. The number of rotatable bonds is 7. The molecule has 8 heteroatoms. The zero-order chi connectivity index (χ0) is 23.2. The van der Waals surface area contributed by atoms with Crippen molar-refractivity contribution in [3.8, 4) is 11.5 Å². The monoisotopic (exact) mass is 465 g/mol.